The van der Waals surface area contributed by atoms with Gasteiger partial charge in [0.25, 0.3) is 11.8 Å². The first kappa shape index (κ1) is 18.1. The number of thiophene rings is 1. The molecule has 1 aliphatic rings. The van der Waals surface area contributed by atoms with Crippen LogP contribution >= 0.6 is 11.3 Å². The average molecular weight is 371 g/mol. The minimum absolute atomic E-state index is 0.0284. The molecule has 0 spiro atoms. The molecule has 1 N–H and O–H groups in total. The third-order valence-electron chi connectivity index (χ3n) is 4.33. The van der Waals surface area contributed by atoms with Crippen molar-refractivity contribution in [2.45, 2.75) is 13.5 Å². The molecular formula is C19H21N3O3S. The van der Waals surface area contributed by atoms with Gasteiger partial charge in [0.2, 0.25) is 5.91 Å². The van der Waals surface area contributed by atoms with E-state index in [1.165, 1.54) is 18.3 Å². The van der Waals surface area contributed by atoms with Crippen molar-refractivity contribution in [2.24, 2.45) is 0 Å². The molecule has 1 aromatic carbocycles. The van der Waals surface area contributed by atoms with Gasteiger partial charge in [0.05, 0.1) is 4.88 Å². The zero-order chi connectivity index (χ0) is 18.5. The van der Waals surface area contributed by atoms with Crippen molar-refractivity contribution >= 4 is 29.1 Å². The number of piperazine rings is 1. The van der Waals surface area contributed by atoms with Gasteiger partial charge in [0, 0.05) is 45.2 Å². The van der Waals surface area contributed by atoms with Crippen LogP contribution < -0.4 is 5.32 Å². The molecule has 136 valence electrons. The van der Waals surface area contributed by atoms with Crippen molar-refractivity contribution in [3.63, 3.8) is 0 Å². The van der Waals surface area contributed by atoms with E-state index in [4.69, 9.17) is 0 Å². The highest BCUT2D eigenvalue weighted by Gasteiger charge is 2.25. The fraction of sp³-hybridized carbons (Fsp3) is 0.316. The van der Waals surface area contributed by atoms with Gasteiger partial charge in [-0.3, -0.25) is 14.4 Å². The van der Waals surface area contributed by atoms with Gasteiger partial charge >= 0.3 is 0 Å². The fourth-order valence-electron chi connectivity index (χ4n) is 2.84. The molecule has 0 radical (unpaired) electrons. The van der Waals surface area contributed by atoms with Gasteiger partial charge in [-0.05, 0) is 29.1 Å². The fourth-order valence-corrected chi connectivity index (χ4v) is 3.53. The van der Waals surface area contributed by atoms with E-state index in [9.17, 15) is 14.4 Å². The Balaban J connectivity index is 1.55. The van der Waals surface area contributed by atoms with Gasteiger partial charge in [-0.1, -0.05) is 18.2 Å². The van der Waals surface area contributed by atoms with Crippen molar-refractivity contribution in [3.05, 3.63) is 57.8 Å². The third-order valence-corrected chi connectivity index (χ3v) is 5.19. The summed E-state index contributed by atoms with van der Waals surface area (Å²) in [5.74, 6) is -0.0751. The molecule has 2 heterocycles. The number of carbonyl (C=O) groups excluding carboxylic acids is 3. The normalized spacial score (nSPS) is 14.2. The smallest absolute Gasteiger partial charge is 0.264 e. The maximum Gasteiger partial charge on any atom is 0.264 e. The monoisotopic (exact) mass is 371 g/mol. The van der Waals surface area contributed by atoms with Crippen LogP contribution in [0.4, 0.5) is 0 Å². The maximum atomic E-state index is 12.6. The van der Waals surface area contributed by atoms with Crippen LogP contribution in [0.2, 0.25) is 0 Å². The van der Waals surface area contributed by atoms with E-state index in [1.54, 1.807) is 21.9 Å². The molecule has 7 heteroatoms. The second-order valence-electron chi connectivity index (χ2n) is 6.17. The summed E-state index contributed by atoms with van der Waals surface area (Å²) in [6.45, 7) is 4.08. The first-order valence-corrected chi connectivity index (χ1v) is 9.38. The number of hydrogen-bond donors (Lipinski definition) is 1. The van der Waals surface area contributed by atoms with E-state index < -0.39 is 0 Å². The van der Waals surface area contributed by atoms with Crippen LogP contribution in [0.15, 0.2) is 41.8 Å². The molecule has 3 rings (SSSR count). The number of nitrogens with one attached hydrogen (secondary N) is 1. The predicted molar refractivity (Wildman–Crippen MR) is 100 cm³/mol. The summed E-state index contributed by atoms with van der Waals surface area (Å²) in [6.07, 6.45) is 0. The Labute approximate surface area is 156 Å². The zero-order valence-electron chi connectivity index (χ0n) is 14.6. The lowest BCUT2D eigenvalue weighted by atomic mass is 10.1. The summed E-state index contributed by atoms with van der Waals surface area (Å²) in [4.78, 5) is 40.3. The quantitative estimate of drug-likeness (QED) is 0.894. The number of benzene rings is 1. The van der Waals surface area contributed by atoms with Crippen molar-refractivity contribution < 1.29 is 14.4 Å². The van der Waals surface area contributed by atoms with Crippen LogP contribution in [0.5, 0.6) is 0 Å². The van der Waals surface area contributed by atoms with E-state index >= 15 is 0 Å². The SMILES string of the molecule is CC(=O)NCc1ccc(C(=O)N2CCN(C(=O)c3cccs3)CC2)cc1. The predicted octanol–water partition coefficient (Wildman–Crippen LogP) is 1.98. The molecule has 0 unspecified atom stereocenters. The molecule has 0 aliphatic carbocycles. The highest BCUT2D eigenvalue weighted by atomic mass is 32.1. The molecule has 6 nitrogen and oxygen atoms in total. The lowest BCUT2D eigenvalue weighted by Crippen LogP contribution is -2.50. The molecule has 1 fully saturated rings. The van der Waals surface area contributed by atoms with E-state index in [-0.39, 0.29) is 17.7 Å². The number of carbonyl (C=O) groups is 3. The Morgan fingerprint density at radius 3 is 2.12 bits per heavy atom. The summed E-state index contributed by atoms with van der Waals surface area (Å²) < 4.78 is 0. The van der Waals surface area contributed by atoms with Crippen LogP contribution in [0, 0.1) is 0 Å². The van der Waals surface area contributed by atoms with Crippen LogP contribution in [0.3, 0.4) is 0 Å². The minimum atomic E-state index is -0.0832. The first-order chi connectivity index (χ1) is 12.5. The van der Waals surface area contributed by atoms with E-state index in [1.807, 2.05) is 29.6 Å². The molecule has 2 aromatic rings. The van der Waals surface area contributed by atoms with Gasteiger partial charge in [-0.15, -0.1) is 11.3 Å². The average Bonchev–Trinajstić information content (AvgIpc) is 3.20. The highest BCUT2D eigenvalue weighted by molar-refractivity contribution is 7.12. The van der Waals surface area contributed by atoms with Gasteiger partial charge in [-0.25, -0.2) is 0 Å². The van der Waals surface area contributed by atoms with E-state index in [0.717, 1.165) is 10.4 Å². The molecule has 3 amide bonds. The molecule has 26 heavy (non-hydrogen) atoms. The Bertz CT molecular complexity index is 779. The molecule has 1 aliphatic heterocycles. The van der Waals surface area contributed by atoms with E-state index in [0.29, 0.717) is 38.3 Å². The Kier molecular flexibility index (Phi) is 5.68. The van der Waals surface area contributed by atoms with Crippen LogP contribution in [-0.2, 0) is 11.3 Å². The van der Waals surface area contributed by atoms with Gasteiger partial charge in [0.1, 0.15) is 0 Å². The summed E-state index contributed by atoms with van der Waals surface area (Å²) >= 11 is 1.44. The summed E-state index contributed by atoms with van der Waals surface area (Å²) in [7, 11) is 0. The molecule has 0 saturated carbocycles. The Morgan fingerprint density at radius 1 is 0.962 bits per heavy atom. The topological polar surface area (TPSA) is 69.7 Å². The second kappa shape index (κ2) is 8.14. The summed E-state index contributed by atoms with van der Waals surface area (Å²) in [5, 5.41) is 4.62. The molecule has 0 atom stereocenters. The van der Waals surface area contributed by atoms with Crippen molar-refractivity contribution in [1.29, 1.82) is 0 Å². The van der Waals surface area contributed by atoms with Crippen LogP contribution in [-0.4, -0.2) is 53.7 Å². The lowest BCUT2D eigenvalue weighted by Gasteiger charge is -2.34. The largest absolute Gasteiger partial charge is 0.352 e. The van der Waals surface area contributed by atoms with Crippen molar-refractivity contribution in [1.82, 2.24) is 15.1 Å². The zero-order valence-corrected chi connectivity index (χ0v) is 15.4. The second-order valence-corrected chi connectivity index (χ2v) is 7.12. The summed E-state index contributed by atoms with van der Waals surface area (Å²) in [5.41, 5.74) is 1.57. The number of rotatable bonds is 4. The van der Waals surface area contributed by atoms with Gasteiger partial charge < -0.3 is 15.1 Å². The minimum Gasteiger partial charge on any atom is -0.352 e. The van der Waals surface area contributed by atoms with Crippen molar-refractivity contribution in [3.8, 4) is 0 Å². The van der Waals surface area contributed by atoms with Crippen molar-refractivity contribution in [2.75, 3.05) is 26.2 Å². The molecular weight excluding hydrogens is 350 g/mol. The first-order valence-electron chi connectivity index (χ1n) is 8.50. The maximum absolute atomic E-state index is 12.6. The number of hydrogen-bond acceptors (Lipinski definition) is 4. The third kappa shape index (κ3) is 4.29. The Hall–Kier alpha value is -2.67. The van der Waals surface area contributed by atoms with Crippen LogP contribution in [0.25, 0.3) is 0 Å². The summed E-state index contributed by atoms with van der Waals surface area (Å²) in [6, 6.07) is 10.9. The Morgan fingerprint density at radius 2 is 1.58 bits per heavy atom. The van der Waals surface area contributed by atoms with Gasteiger partial charge in [-0.2, -0.15) is 0 Å². The van der Waals surface area contributed by atoms with E-state index in [2.05, 4.69) is 5.32 Å². The molecule has 0 bridgehead atoms. The highest BCUT2D eigenvalue weighted by Crippen LogP contribution is 2.15. The van der Waals surface area contributed by atoms with Gasteiger partial charge in [0.15, 0.2) is 0 Å². The molecule has 1 aromatic heterocycles. The van der Waals surface area contributed by atoms with Crippen LogP contribution in [0.1, 0.15) is 32.5 Å². The molecule has 1 saturated heterocycles. The lowest BCUT2D eigenvalue weighted by molar-refractivity contribution is -0.119. The number of amides is 3. The number of nitrogens with zero attached hydrogens (tertiary/aromatic N) is 2. The standard InChI is InChI=1S/C19H21N3O3S/c1-14(23)20-13-15-4-6-16(7-5-15)18(24)21-8-10-22(11-9-21)19(25)17-3-2-12-26-17/h2-7,12H,8-11,13H2,1H3,(H,20,23).